The Bertz CT molecular complexity index is 1550. The summed E-state index contributed by atoms with van der Waals surface area (Å²) in [6.07, 6.45) is 1.65. The van der Waals surface area contributed by atoms with Crippen molar-refractivity contribution in [2.75, 3.05) is 12.0 Å². The first-order chi connectivity index (χ1) is 18.3. The van der Waals surface area contributed by atoms with E-state index in [2.05, 4.69) is 5.10 Å². The van der Waals surface area contributed by atoms with E-state index in [9.17, 15) is 24.5 Å². The molecule has 2 amide bonds. The van der Waals surface area contributed by atoms with Crippen molar-refractivity contribution in [1.82, 2.24) is 5.01 Å². The summed E-state index contributed by atoms with van der Waals surface area (Å²) in [4.78, 5) is 53.7. The highest BCUT2D eigenvalue weighted by Gasteiger charge is 2.65. The Morgan fingerprint density at radius 1 is 1.00 bits per heavy atom. The number of nitro benzene ring substituents is 1. The molecular weight excluding hydrogens is 488 g/mol. The fourth-order valence-electron chi connectivity index (χ4n) is 5.84. The number of anilines is 1. The van der Waals surface area contributed by atoms with Crippen LogP contribution in [0.15, 0.2) is 71.8 Å². The Balaban J connectivity index is 1.47. The van der Waals surface area contributed by atoms with Crippen molar-refractivity contribution in [3.63, 3.8) is 0 Å². The summed E-state index contributed by atoms with van der Waals surface area (Å²) in [5.74, 6) is -2.57. The highest BCUT2D eigenvalue weighted by Crippen LogP contribution is 2.53. The number of methoxy groups -OCH3 is 1. The number of hydrogen-bond donors (Lipinski definition) is 0. The van der Waals surface area contributed by atoms with Gasteiger partial charge in [-0.15, -0.1) is 0 Å². The molecule has 0 saturated carbocycles. The maximum Gasteiger partial charge on any atom is 0.269 e. The summed E-state index contributed by atoms with van der Waals surface area (Å²) in [6, 6.07) is 16.4. The summed E-state index contributed by atoms with van der Waals surface area (Å²) in [5, 5.41) is 17.4. The summed E-state index contributed by atoms with van der Waals surface area (Å²) in [6.45, 7) is 1.61. The molecule has 0 N–H and O–H groups in total. The van der Waals surface area contributed by atoms with E-state index in [0.29, 0.717) is 16.9 Å². The van der Waals surface area contributed by atoms with Gasteiger partial charge in [-0.05, 0) is 53.9 Å². The van der Waals surface area contributed by atoms with E-state index in [-0.39, 0.29) is 17.2 Å². The van der Waals surface area contributed by atoms with E-state index >= 15 is 0 Å². The second-order valence-electron chi connectivity index (χ2n) is 9.53. The molecule has 0 radical (unpaired) electrons. The molecule has 3 aliphatic rings. The fraction of sp³-hybridized carbons (Fsp3) is 0.214. The number of benzene rings is 3. The quantitative estimate of drug-likeness (QED) is 0.222. The molecule has 10 nitrogen and oxygen atoms in total. The topological polar surface area (TPSA) is 122 Å². The highest BCUT2D eigenvalue weighted by atomic mass is 16.6. The van der Waals surface area contributed by atoms with Gasteiger partial charge in [0.05, 0.1) is 41.8 Å². The number of hydrogen-bond acceptors (Lipinski definition) is 8. The summed E-state index contributed by atoms with van der Waals surface area (Å²) in [7, 11) is 1.53. The maximum absolute atomic E-state index is 14.0. The standard InChI is InChI=1S/C28H22N4O6/c1-15-13-18(32(36)37)9-12-21(15)30-27(34)22-23(28(30)35)25(26(33)16-7-10-19(38-2)11-8-16)31-24(22)20-6-4-3-5-17(20)14-29-31/h3-14,22-25H,1-2H3/t22-,23-,24+,25+/m1/s1. The van der Waals surface area contributed by atoms with E-state index in [4.69, 9.17) is 4.74 Å². The van der Waals surface area contributed by atoms with Crippen molar-refractivity contribution in [2.24, 2.45) is 16.9 Å². The third kappa shape index (κ3) is 3.33. The zero-order valence-corrected chi connectivity index (χ0v) is 20.5. The number of non-ortho nitro benzene ring substituents is 1. The first-order valence-corrected chi connectivity index (χ1v) is 12.0. The van der Waals surface area contributed by atoms with Crippen LogP contribution in [0.4, 0.5) is 11.4 Å². The zero-order valence-electron chi connectivity index (χ0n) is 20.5. The molecule has 0 aromatic heterocycles. The van der Waals surface area contributed by atoms with Crippen LogP contribution in [0.5, 0.6) is 5.75 Å². The molecule has 6 rings (SSSR count). The van der Waals surface area contributed by atoms with Gasteiger partial charge in [-0.3, -0.25) is 29.5 Å². The number of ketones is 1. The maximum atomic E-state index is 14.0. The number of fused-ring (bicyclic) bond motifs is 5. The van der Waals surface area contributed by atoms with Crippen molar-refractivity contribution >= 4 is 35.2 Å². The van der Waals surface area contributed by atoms with Gasteiger partial charge < -0.3 is 4.74 Å². The number of hydrazone groups is 1. The average Bonchev–Trinajstić information content (AvgIpc) is 3.40. The Morgan fingerprint density at radius 2 is 1.71 bits per heavy atom. The Morgan fingerprint density at radius 3 is 2.39 bits per heavy atom. The van der Waals surface area contributed by atoms with Crippen LogP contribution >= 0.6 is 0 Å². The van der Waals surface area contributed by atoms with Crippen molar-refractivity contribution in [3.8, 4) is 5.75 Å². The molecule has 3 aromatic rings. The number of ether oxygens (including phenoxy) is 1. The van der Waals surface area contributed by atoms with Gasteiger partial charge in [0.15, 0.2) is 5.78 Å². The number of amides is 2. The number of imide groups is 1. The van der Waals surface area contributed by atoms with Gasteiger partial charge in [-0.2, -0.15) is 5.10 Å². The minimum Gasteiger partial charge on any atom is -0.497 e. The lowest BCUT2D eigenvalue weighted by Crippen LogP contribution is -2.44. The van der Waals surface area contributed by atoms with Crippen LogP contribution in [-0.2, 0) is 9.59 Å². The lowest BCUT2D eigenvalue weighted by molar-refractivity contribution is -0.384. The minimum atomic E-state index is -1.01. The van der Waals surface area contributed by atoms with Gasteiger partial charge >= 0.3 is 0 Å². The molecule has 0 unspecified atom stereocenters. The second kappa shape index (κ2) is 8.62. The molecule has 10 heteroatoms. The summed E-state index contributed by atoms with van der Waals surface area (Å²) >= 11 is 0. The van der Waals surface area contributed by atoms with Crippen molar-refractivity contribution in [3.05, 3.63) is 99.1 Å². The highest BCUT2D eigenvalue weighted by molar-refractivity contribution is 6.25. The van der Waals surface area contributed by atoms with E-state index in [1.54, 1.807) is 42.4 Å². The van der Waals surface area contributed by atoms with Crippen LogP contribution in [0, 0.1) is 28.9 Å². The monoisotopic (exact) mass is 510 g/mol. The van der Waals surface area contributed by atoms with Crippen LogP contribution in [-0.4, -0.2) is 46.9 Å². The molecule has 3 heterocycles. The van der Waals surface area contributed by atoms with Gasteiger partial charge in [-0.25, -0.2) is 4.90 Å². The van der Waals surface area contributed by atoms with Gasteiger partial charge in [0.25, 0.3) is 5.69 Å². The number of carbonyl (C=O) groups is 3. The van der Waals surface area contributed by atoms with Crippen LogP contribution in [0.25, 0.3) is 0 Å². The van der Waals surface area contributed by atoms with Gasteiger partial charge in [-0.1, -0.05) is 24.3 Å². The summed E-state index contributed by atoms with van der Waals surface area (Å²) < 4.78 is 5.20. The number of aryl methyl sites for hydroxylation is 1. The smallest absolute Gasteiger partial charge is 0.269 e. The molecule has 4 atom stereocenters. The van der Waals surface area contributed by atoms with E-state index in [1.807, 2.05) is 24.3 Å². The molecule has 0 spiro atoms. The molecule has 190 valence electrons. The van der Waals surface area contributed by atoms with Gasteiger partial charge in [0.1, 0.15) is 11.8 Å². The van der Waals surface area contributed by atoms with Crippen molar-refractivity contribution in [1.29, 1.82) is 0 Å². The summed E-state index contributed by atoms with van der Waals surface area (Å²) in [5.41, 5.74) is 2.54. The minimum absolute atomic E-state index is 0.139. The number of nitro groups is 1. The van der Waals surface area contributed by atoms with Gasteiger partial charge in [0.2, 0.25) is 11.8 Å². The molecule has 0 bridgehead atoms. The normalized spacial score (nSPS) is 23.2. The van der Waals surface area contributed by atoms with E-state index in [0.717, 1.165) is 16.0 Å². The first-order valence-electron chi connectivity index (χ1n) is 12.0. The lowest BCUT2D eigenvalue weighted by atomic mass is 9.83. The van der Waals surface area contributed by atoms with Crippen molar-refractivity contribution in [2.45, 2.75) is 19.0 Å². The van der Waals surface area contributed by atoms with Crippen LogP contribution < -0.4 is 9.64 Å². The lowest BCUT2D eigenvalue weighted by Gasteiger charge is -2.34. The Hall–Kier alpha value is -4.86. The van der Waals surface area contributed by atoms with Crippen LogP contribution in [0.2, 0.25) is 0 Å². The fourth-order valence-corrected chi connectivity index (χ4v) is 5.84. The SMILES string of the molecule is COc1ccc(C(=O)[C@@H]2[C@@H]3C(=O)N(c4ccc([N+](=O)[O-])cc4C)C(=O)[C@H]3[C@@H]3c4ccccc4C=NN23)cc1. The van der Waals surface area contributed by atoms with Gasteiger partial charge in [0, 0.05) is 17.7 Å². The zero-order chi connectivity index (χ0) is 26.7. The predicted molar refractivity (Wildman–Crippen MR) is 137 cm³/mol. The van der Waals surface area contributed by atoms with Crippen molar-refractivity contribution < 1.29 is 24.0 Å². The molecule has 2 saturated heterocycles. The second-order valence-corrected chi connectivity index (χ2v) is 9.53. The van der Waals surface area contributed by atoms with Crippen LogP contribution in [0.3, 0.4) is 0 Å². The number of rotatable bonds is 5. The molecular formula is C28H22N4O6. The largest absolute Gasteiger partial charge is 0.497 e. The molecule has 0 aliphatic carbocycles. The molecule has 3 aromatic carbocycles. The third-order valence-corrected chi connectivity index (χ3v) is 7.57. The predicted octanol–water partition coefficient (Wildman–Crippen LogP) is 3.67. The Labute approximate surface area is 217 Å². The van der Waals surface area contributed by atoms with E-state index in [1.165, 1.54) is 25.3 Å². The molecule has 3 aliphatic heterocycles. The third-order valence-electron chi connectivity index (χ3n) is 7.57. The number of carbonyl (C=O) groups excluding carboxylic acids is 3. The Kier molecular flexibility index (Phi) is 5.34. The van der Waals surface area contributed by atoms with E-state index < -0.39 is 40.7 Å². The van der Waals surface area contributed by atoms with Crippen LogP contribution in [0.1, 0.15) is 33.1 Å². The number of nitrogens with zero attached hydrogens (tertiary/aromatic N) is 4. The average molecular weight is 511 g/mol. The molecule has 2 fully saturated rings. The first kappa shape index (κ1) is 23.5. The molecule has 38 heavy (non-hydrogen) atoms. The number of Topliss-reactive ketones (excluding diaryl/α,β-unsaturated/α-hetero) is 1.